The first-order valence-corrected chi connectivity index (χ1v) is 19.1. The SMILES string of the molecule is Cc1ccc2c(c1)C1(c3ccccc3-c3ccccc31)c1cc(N(c3ccc4c(c3)C(C)(C)c3ccccc3-4)c3ccccc3-c3ccccc3)ccc1-2. The highest BCUT2D eigenvalue weighted by Gasteiger charge is 2.52. The quantitative estimate of drug-likeness (QED) is 0.178. The van der Waals surface area contributed by atoms with Crippen molar-refractivity contribution in [2.75, 3.05) is 4.90 Å². The van der Waals surface area contributed by atoms with Crippen LogP contribution in [0, 0.1) is 6.92 Å². The molecule has 8 aromatic carbocycles. The Hall–Kier alpha value is -6.44. The van der Waals surface area contributed by atoms with Gasteiger partial charge in [-0.3, -0.25) is 0 Å². The highest BCUT2D eigenvalue weighted by molar-refractivity contribution is 5.97. The van der Waals surface area contributed by atoms with E-state index in [0.29, 0.717) is 0 Å². The van der Waals surface area contributed by atoms with Gasteiger partial charge >= 0.3 is 0 Å². The Labute approximate surface area is 317 Å². The number of nitrogens with zero attached hydrogens (tertiary/aromatic N) is 1. The number of fused-ring (bicyclic) bond motifs is 13. The highest BCUT2D eigenvalue weighted by atomic mass is 15.1. The molecule has 0 saturated carbocycles. The van der Waals surface area contributed by atoms with E-state index in [4.69, 9.17) is 0 Å². The molecule has 54 heavy (non-hydrogen) atoms. The smallest absolute Gasteiger partial charge is 0.0726 e. The molecule has 8 aromatic rings. The average molecular weight is 690 g/mol. The van der Waals surface area contributed by atoms with Crippen molar-refractivity contribution in [3.63, 3.8) is 0 Å². The van der Waals surface area contributed by atoms with Crippen LogP contribution in [0.2, 0.25) is 0 Å². The number of benzene rings is 8. The summed E-state index contributed by atoms with van der Waals surface area (Å²) in [6.45, 7) is 6.97. The van der Waals surface area contributed by atoms with Crippen molar-refractivity contribution in [3.8, 4) is 44.5 Å². The molecule has 11 rings (SSSR count). The minimum Gasteiger partial charge on any atom is -0.310 e. The van der Waals surface area contributed by atoms with Gasteiger partial charge in [0.25, 0.3) is 0 Å². The third-order valence-electron chi connectivity index (χ3n) is 12.5. The van der Waals surface area contributed by atoms with Crippen molar-refractivity contribution < 1.29 is 0 Å². The Kier molecular flexibility index (Phi) is 6.50. The third-order valence-corrected chi connectivity index (χ3v) is 12.5. The van der Waals surface area contributed by atoms with Gasteiger partial charge in [-0.2, -0.15) is 0 Å². The van der Waals surface area contributed by atoms with E-state index < -0.39 is 5.41 Å². The maximum atomic E-state index is 2.51. The van der Waals surface area contributed by atoms with Gasteiger partial charge in [0.2, 0.25) is 0 Å². The molecule has 0 fully saturated rings. The molecule has 0 unspecified atom stereocenters. The molecule has 3 aliphatic rings. The van der Waals surface area contributed by atoms with E-state index in [2.05, 4.69) is 208 Å². The highest BCUT2D eigenvalue weighted by Crippen LogP contribution is 2.63. The minimum atomic E-state index is -0.425. The van der Waals surface area contributed by atoms with Crippen LogP contribution in [-0.4, -0.2) is 0 Å². The van der Waals surface area contributed by atoms with E-state index in [-0.39, 0.29) is 5.41 Å². The van der Waals surface area contributed by atoms with Gasteiger partial charge in [0.15, 0.2) is 0 Å². The zero-order valence-electron chi connectivity index (χ0n) is 30.8. The summed E-state index contributed by atoms with van der Waals surface area (Å²) in [6.07, 6.45) is 0. The lowest BCUT2D eigenvalue weighted by Crippen LogP contribution is -2.26. The lowest BCUT2D eigenvalue weighted by Gasteiger charge is -2.33. The summed E-state index contributed by atoms with van der Waals surface area (Å²) >= 11 is 0. The van der Waals surface area contributed by atoms with E-state index in [9.17, 15) is 0 Å². The Morgan fingerprint density at radius 1 is 0.352 bits per heavy atom. The monoisotopic (exact) mass is 689 g/mol. The fourth-order valence-electron chi connectivity index (χ4n) is 10.2. The molecular formula is C53H39N. The largest absolute Gasteiger partial charge is 0.310 e. The van der Waals surface area contributed by atoms with Crippen molar-refractivity contribution >= 4 is 17.1 Å². The number of anilines is 3. The second kappa shape index (κ2) is 11.3. The summed E-state index contributed by atoms with van der Waals surface area (Å²) in [4.78, 5) is 2.51. The Bertz CT molecular complexity index is 2780. The molecule has 0 amide bonds. The standard InChI is InChI=1S/C53H39N/c1-34-25-28-43-44-30-27-37(33-50(44)53(49(43)31-34)46-22-12-8-19-40(46)41-20-9-13-23-47(41)53)54(51-24-14-10-17-38(51)35-15-5-4-6-16-35)36-26-29-42-39-18-7-11-21-45(39)52(2,3)48(42)32-36/h4-33H,1-3H3. The topological polar surface area (TPSA) is 3.24 Å². The molecule has 3 aliphatic carbocycles. The molecule has 0 radical (unpaired) electrons. The van der Waals surface area contributed by atoms with E-state index in [1.54, 1.807) is 0 Å². The minimum absolute atomic E-state index is 0.120. The van der Waals surface area contributed by atoms with Crippen molar-refractivity contribution in [3.05, 3.63) is 221 Å². The van der Waals surface area contributed by atoms with Gasteiger partial charge in [-0.05, 0) is 110 Å². The third kappa shape index (κ3) is 4.10. The number of hydrogen-bond acceptors (Lipinski definition) is 1. The maximum Gasteiger partial charge on any atom is 0.0726 e. The molecular weight excluding hydrogens is 651 g/mol. The van der Waals surface area contributed by atoms with Crippen molar-refractivity contribution in [2.24, 2.45) is 0 Å². The molecule has 0 aliphatic heterocycles. The number of para-hydroxylation sites is 1. The normalized spacial score (nSPS) is 14.5. The summed E-state index contributed by atoms with van der Waals surface area (Å²) in [5.74, 6) is 0. The average Bonchev–Trinajstić information content (AvgIpc) is 3.76. The molecule has 1 heteroatoms. The van der Waals surface area contributed by atoms with E-state index in [1.165, 1.54) is 83.5 Å². The van der Waals surface area contributed by atoms with Crippen molar-refractivity contribution in [1.82, 2.24) is 0 Å². The van der Waals surface area contributed by atoms with Crippen molar-refractivity contribution in [1.29, 1.82) is 0 Å². The maximum absolute atomic E-state index is 2.51. The van der Waals surface area contributed by atoms with Crippen LogP contribution in [0.1, 0.15) is 52.8 Å². The predicted octanol–water partition coefficient (Wildman–Crippen LogP) is 13.8. The number of rotatable bonds is 4. The van der Waals surface area contributed by atoms with E-state index >= 15 is 0 Å². The lowest BCUT2D eigenvalue weighted by atomic mass is 9.70. The fourth-order valence-corrected chi connectivity index (χ4v) is 10.2. The summed E-state index contributed by atoms with van der Waals surface area (Å²) in [5, 5.41) is 0. The zero-order chi connectivity index (χ0) is 36.2. The van der Waals surface area contributed by atoms with Gasteiger partial charge in [0.05, 0.1) is 11.1 Å². The predicted molar refractivity (Wildman–Crippen MR) is 225 cm³/mol. The van der Waals surface area contributed by atoms with Crippen LogP contribution < -0.4 is 4.90 Å². The molecule has 0 heterocycles. The van der Waals surface area contributed by atoms with Gasteiger partial charge in [-0.1, -0.05) is 171 Å². The zero-order valence-corrected chi connectivity index (χ0v) is 30.8. The van der Waals surface area contributed by atoms with Crippen LogP contribution in [0.5, 0.6) is 0 Å². The van der Waals surface area contributed by atoms with Gasteiger partial charge in [-0.25, -0.2) is 0 Å². The molecule has 256 valence electrons. The molecule has 0 bridgehead atoms. The van der Waals surface area contributed by atoms with Crippen LogP contribution in [-0.2, 0) is 10.8 Å². The Morgan fingerprint density at radius 3 is 1.44 bits per heavy atom. The van der Waals surface area contributed by atoms with Crippen LogP contribution >= 0.6 is 0 Å². The van der Waals surface area contributed by atoms with Gasteiger partial charge in [0, 0.05) is 22.4 Å². The molecule has 1 nitrogen and oxygen atoms in total. The summed E-state index contributed by atoms with van der Waals surface area (Å²) < 4.78 is 0. The molecule has 0 saturated heterocycles. The fraction of sp³-hybridized carbons (Fsp3) is 0.0943. The first kappa shape index (κ1) is 31.1. The van der Waals surface area contributed by atoms with Crippen LogP contribution in [0.25, 0.3) is 44.5 Å². The van der Waals surface area contributed by atoms with E-state index in [0.717, 1.165) is 17.1 Å². The van der Waals surface area contributed by atoms with E-state index in [1.807, 2.05) is 0 Å². The van der Waals surface area contributed by atoms with Crippen molar-refractivity contribution in [2.45, 2.75) is 31.6 Å². The molecule has 1 spiro atoms. The molecule has 0 atom stereocenters. The lowest BCUT2D eigenvalue weighted by molar-refractivity contribution is 0.660. The number of aryl methyl sites for hydroxylation is 1. The Balaban J connectivity index is 1.20. The summed E-state index contributed by atoms with van der Waals surface area (Å²) in [6, 6.07) is 68.3. The van der Waals surface area contributed by atoms with Crippen LogP contribution in [0.4, 0.5) is 17.1 Å². The van der Waals surface area contributed by atoms with Gasteiger partial charge in [0.1, 0.15) is 0 Å². The van der Waals surface area contributed by atoms with Crippen LogP contribution in [0.15, 0.2) is 182 Å². The summed E-state index contributed by atoms with van der Waals surface area (Å²) in [7, 11) is 0. The van der Waals surface area contributed by atoms with Gasteiger partial charge in [-0.15, -0.1) is 0 Å². The molecule has 0 N–H and O–H groups in total. The second-order valence-corrected chi connectivity index (χ2v) is 15.7. The summed E-state index contributed by atoms with van der Waals surface area (Å²) in [5.41, 5.74) is 22.7. The second-order valence-electron chi connectivity index (χ2n) is 15.7. The Morgan fingerprint density at radius 2 is 0.796 bits per heavy atom. The first-order chi connectivity index (χ1) is 26.5. The number of hydrogen-bond donors (Lipinski definition) is 0. The molecule has 0 aromatic heterocycles. The van der Waals surface area contributed by atoms with Gasteiger partial charge < -0.3 is 4.90 Å². The first-order valence-electron chi connectivity index (χ1n) is 19.1. The van der Waals surface area contributed by atoms with Crippen LogP contribution in [0.3, 0.4) is 0 Å².